The lowest BCUT2D eigenvalue weighted by Crippen LogP contribution is -2.47. The molecule has 5 rings (SSSR count). The van der Waals surface area contributed by atoms with E-state index in [1.807, 2.05) is 30.3 Å². The number of cyclic esters (lactones) is 1. The quantitative estimate of drug-likeness (QED) is 0.429. The van der Waals surface area contributed by atoms with Gasteiger partial charge in [0.15, 0.2) is 0 Å². The van der Waals surface area contributed by atoms with Gasteiger partial charge in [0, 0.05) is 29.9 Å². The van der Waals surface area contributed by atoms with Crippen molar-refractivity contribution < 1.29 is 28.6 Å². The highest BCUT2D eigenvalue weighted by Gasteiger charge is 2.50. The van der Waals surface area contributed by atoms with Crippen molar-refractivity contribution in [3.63, 3.8) is 0 Å². The number of esters is 3. The number of aromatic nitrogens is 2. The third kappa shape index (κ3) is 3.03. The zero-order chi connectivity index (χ0) is 24.2. The van der Waals surface area contributed by atoms with Crippen LogP contribution in [0.4, 0.5) is 0 Å². The van der Waals surface area contributed by atoms with E-state index in [1.165, 1.54) is 11.5 Å². The minimum Gasteiger partial charge on any atom is -0.457 e. The molecule has 0 fully saturated rings. The number of para-hydroxylation sites is 1. The van der Waals surface area contributed by atoms with E-state index in [0.29, 0.717) is 22.5 Å². The van der Waals surface area contributed by atoms with E-state index in [9.17, 15) is 19.2 Å². The fourth-order valence-electron chi connectivity index (χ4n) is 4.68. The molecule has 2 aliphatic rings. The molecule has 0 radical (unpaired) electrons. The zero-order valence-electron chi connectivity index (χ0n) is 18.9. The van der Waals surface area contributed by atoms with Crippen LogP contribution >= 0.6 is 0 Å². The summed E-state index contributed by atoms with van der Waals surface area (Å²) in [5.74, 6) is -1.89. The molecule has 34 heavy (non-hydrogen) atoms. The van der Waals surface area contributed by atoms with Gasteiger partial charge < -0.3 is 14.2 Å². The maximum absolute atomic E-state index is 13.8. The lowest BCUT2D eigenvalue weighted by molar-refractivity contribution is -0.188. The first kappa shape index (κ1) is 21.8. The number of ether oxygens (including phenoxy) is 3. The number of pyridine rings is 2. The van der Waals surface area contributed by atoms with Crippen molar-refractivity contribution in [2.24, 2.45) is 0 Å². The van der Waals surface area contributed by atoms with Crippen molar-refractivity contribution in [1.82, 2.24) is 9.55 Å². The Morgan fingerprint density at radius 3 is 2.68 bits per heavy atom. The van der Waals surface area contributed by atoms with Crippen LogP contribution in [0.1, 0.15) is 56.5 Å². The lowest BCUT2D eigenvalue weighted by Gasteiger charge is -2.35. The molecule has 0 saturated carbocycles. The van der Waals surface area contributed by atoms with Crippen molar-refractivity contribution in [3.8, 4) is 11.4 Å². The van der Waals surface area contributed by atoms with E-state index in [1.54, 1.807) is 19.9 Å². The molecule has 0 spiro atoms. The van der Waals surface area contributed by atoms with Gasteiger partial charge in [-0.1, -0.05) is 32.0 Å². The highest BCUT2D eigenvalue weighted by Crippen LogP contribution is 2.44. The molecule has 0 bridgehead atoms. The number of rotatable bonds is 4. The smallest absolute Gasteiger partial charge is 0.355 e. The molecule has 2 aliphatic heterocycles. The van der Waals surface area contributed by atoms with E-state index in [4.69, 9.17) is 19.2 Å². The molecular weight excluding hydrogens is 440 g/mol. The van der Waals surface area contributed by atoms with Gasteiger partial charge in [-0.05, 0) is 24.6 Å². The summed E-state index contributed by atoms with van der Waals surface area (Å²) in [5.41, 5.74) is 0.271. The van der Waals surface area contributed by atoms with Crippen LogP contribution in [0.2, 0.25) is 0 Å². The number of hydrogen-bond acceptors (Lipinski definition) is 8. The molecular formula is C25H22N2O7. The van der Waals surface area contributed by atoms with Gasteiger partial charge >= 0.3 is 17.9 Å². The summed E-state index contributed by atoms with van der Waals surface area (Å²) in [4.78, 5) is 55.5. The average Bonchev–Trinajstić information content (AvgIpc) is 3.12. The van der Waals surface area contributed by atoms with Crippen LogP contribution < -0.4 is 5.56 Å². The minimum atomic E-state index is -1.75. The Morgan fingerprint density at radius 2 is 1.97 bits per heavy atom. The summed E-state index contributed by atoms with van der Waals surface area (Å²) in [5, 5.41) is 0.825. The summed E-state index contributed by atoms with van der Waals surface area (Å²) >= 11 is 0. The largest absolute Gasteiger partial charge is 0.457 e. The number of nitrogens with zero attached hydrogens (tertiary/aromatic N) is 2. The van der Waals surface area contributed by atoms with Crippen molar-refractivity contribution in [2.45, 2.75) is 52.0 Å². The van der Waals surface area contributed by atoms with Crippen LogP contribution in [0.5, 0.6) is 0 Å². The first-order valence-electron chi connectivity index (χ1n) is 11.1. The molecule has 3 aromatic rings. The molecule has 4 heterocycles. The number of hydrogen-bond donors (Lipinski definition) is 0. The standard InChI is InChI=1S/C25H22N2O7/c1-4-20(29)33-23-15-10-14-8-6-7-9-18(14)26-21(15)19-11-17-16(22(30)27(19)23)12-32-24(31)25(17,5-2)34-13(3)28/h6-11,23H,4-5,12H2,1-3H3/t23?,25-/m0/s1. The summed E-state index contributed by atoms with van der Waals surface area (Å²) in [6.07, 6.45) is -0.812. The normalized spacial score (nSPS) is 20.2. The second kappa shape index (κ2) is 7.79. The second-order valence-corrected chi connectivity index (χ2v) is 8.26. The molecule has 0 amide bonds. The predicted molar refractivity (Wildman–Crippen MR) is 119 cm³/mol. The van der Waals surface area contributed by atoms with Crippen molar-refractivity contribution >= 4 is 28.8 Å². The first-order valence-corrected chi connectivity index (χ1v) is 11.1. The van der Waals surface area contributed by atoms with Crippen LogP contribution in [-0.2, 0) is 40.8 Å². The number of carbonyl (C=O) groups is 3. The maximum atomic E-state index is 13.8. The minimum absolute atomic E-state index is 0.0769. The molecule has 1 unspecified atom stereocenters. The Hall–Kier alpha value is -4.01. The van der Waals surface area contributed by atoms with E-state index < -0.39 is 35.3 Å². The van der Waals surface area contributed by atoms with Crippen molar-refractivity contribution in [1.29, 1.82) is 0 Å². The van der Waals surface area contributed by atoms with Crippen LogP contribution in [0.3, 0.4) is 0 Å². The van der Waals surface area contributed by atoms with Crippen LogP contribution in [0.15, 0.2) is 41.2 Å². The fraction of sp³-hybridized carbons (Fsp3) is 0.320. The molecule has 9 nitrogen and oxygen atoms in total. The Balaban J connectivity index is 1.83. The third-order valence-electron chi connectivity index (χ3n) is 6.30. The average molecular weight is 462 g/mol. The Kier molecular flexibility index (Phi) is 5.00. The van der Waals surface area contributed by atoms with E-state index >= 15 is 0 Å². The first-order chi connectivity index (χ1) is 16.3. The van der Waals surface area contributed by atoms with Gasteiger partial charge in [0.25, 0.3) is 5.56 Å². The van der Waals surface area contributed by atoms with Gasteiger partial charge in [0.1, 0.15) is 6.61 Å². The molecule has 2 aromatic heterocycles. The highest BCUT2D eigenvalue weighted by atomic mass is 16.6. The molecule has 2 atom stereocenters. The maximum Gasteiger partial charge on any atom is 0.355 e. The summed E-state index contributed by atoms with van der Waals surface area (Å²) in [6.45, 7) is 4.26. The lowest BCUT2D eigenvalue weighted by atomic mass is 9.85. The second-order valence-electron chi connectivity index (χ2n) is 8.26. The predicted octanol–water partition coefficient (Wildman–Crippen LogP) is 3.10. The SMILES string of the molecule is CCC(=O)OC1c2cc3ccccc3nc2-c2cc3c(c(=O)n21)COC(=O)[C@@]3(CC)OC(C)=O. The molecule has 0 aliphatic carbocycles. The molecule has 174 valence electrons. The van der Waals surface area contributed by atoms with Crippen LogP contribution in [0.25, 0.3) is 22.3 Å². The number of benzene rings is 1. The number of fused-ring (bicyclic) bond motifs is 5. The zero-order valence-corrected chi connectivity index (χ0v) is 18.9. The molecule has 1 aromatic carbocycles. The third-order valence-corrected chi connectivity index (χ3v) is 6.30. The van der Waals surface area contributed by atoms with E-state index in [2.05, 4.69) is 0 Å². The Morgan fingerprint density at radius 1 is 1.21 bits per heavy atom. The molecule has 0 N–H and O–H groups in total. The van der Waals surface area contributed by atoms with E-state index in [-0.39, 0.29) is 30.6 Å². The van der Waals surface area contributed by atoms with Gasteiger partial charge in [-0.25, -0.2) is 9.78 Å². The topological polar surface area (TPSA) is 114 Å². The van der Waals surface area contributed by atoms with Crippen molar-refractivity contribution in [3.05, 3.63) is 63.4 Å². The van der Waals surface area contributed by atoms with Gasteiger partial charge in [-0.2, -0.15) is 0 Å². The van der Waals surface area contributed by atoms with E-state index in [0.717, 1.165) is 5.39 Å². The summed E-state index contributed by atoms with van der Waals surface area (Å²) < 4.78 is 17.8. The van der Waals surface area contributed by atoms with Gasteiger partial charge in [-0.3, -0.25) is 19.0 Å². The van der Waals surface area contributed by atoms with Crippen LogP contribution in [-0.4, -0.2) is 27.5 Å². The Labute approximate surface area is 194 Å². The van der Waals surface area contributed by atoms with Gasteiger partial charge in [0.05, 0.1) is 22.5 Å². The summed E-state index contributed by atoms with van der Waals surface area (Å²) in [7, 11) is 0. The fourth-order valence-corrected chi connectivity index (χ4v) is 4.68. The molecule has 9 heteroatoms. The summed E-state index contributed by atoms with van der Waals surface area (Å²) in [6, 6.07) is 10.9. The van der Waals surface area contributed by atoms with Gasteiger partial charge in [0.2, 0.25) is 11.8 Å². The highest BCUT2D eigenvalue weighted by molar-refractivity contribution is 5.88. The number of carbonyl (C=O) groups excluding carboxylic acids is 3. The van der Waals surface area contributed by atoms with Crippen molar-refractivity contribution in [2.75, 3.05) is 0 Å². The molecule has 0 saturated heterocycles. The monoisotopic (exact) mass is 462 g/mol. The van der Waals surface area contributed by atoms with Crippen LogP contribution in [0, 0.1) is 0 Å². The van der Waals surface area contributed by atoms with Gasteiger partial charge in [-0.15, -0.1) is 0 Å². The Bertz CT molecular complexity index is 1440.